The zero-order chi connectivity index (χ0) is 15.8. The molecule has 21 heavy (non-hydrogen) atoms. The molecule has 0 unspecified atom stereocenters. The van der Waals surface area contributed by atoms with E-state index in [2.05, 4.69) is 31.9 Å². The maximum absolute atomic E-state index is 11.6. The predicted molar refractivity (Wildman–Crippen MR) is 81.4 cm³/mol. The number of amides is 3. The first-order valence-electron chi connectivity index (χ1n) is 6.28. The van der Waals surface area contributed by atoms with Crippen molar-refractivity contribution in [1.82, 2.24) is 10.6 Å². The van der Waals surface area contributed by atoms with Crippen LogP contribution >= 0.6 is 15.9 Å². The van der Waals surface area contributed by atoms with E-state index >= 15 is 0 Å². The zero-order valence-electron chi connectivity index (χ0n) is 11.4. The van der Waals surface area contributed by atoms with Crippen LogP contribution in [0, 0.1) is 0 Å². The predicted octanol–water partition coefficient (Wildman–Crippen LogP) is 1.79. The second-order valence-electron chi connectivity index (χ2n) is 4.08. The average molecular weight is 358 g/mol. The number of hydrogen-bond acceptors (Lipinski definition) is 3. The summed E-state index contributed by atoms with van der Waals surface area (Å²) in [7, 11) is 0. The van der Waals surface area contributed by atoms with Gasteiger partial charge in [-0.1, -0.05) is 0 Å². The van der Waals surface area contributed by atoms with E-state index in [-0.39, 0.29) is 24.4 Å². The number of carboxylic acids is 1. The number of hydrogen-bond donors (Lipinski definition) is 4. The van der Waals surface area contributed by atoms with Crippen molar-refractivity contribution in [2.75, 3.05) is 18.4 Å². The number of anilines is 1. The lowest BCUT2D eigenvalue weighted by Crippen LogP contribution is -2.33. The molecule has 0 fully saturated rings. The maximum atomic E-state index is 11.6. The van der Waals surface area contributed by atoms with Crippen molar-refractivity contribution in [3.05, 3.63) is 28.2 Å². The van der Waals surface area contributed by atoms with Crippen molar-refractivity contribution >= 4 is 39.5 Å². The molecule has 0 heterocycles. The first-order chi connectivity index (χ1) is 9.93. The molecule has 0 aliphatic carbocycles. The first-order valence-corrected chi connectivity index (χ1v) is 7.07. The van der Waals surface area contributed by atoms with E-state index in [1.54, 1.807) is 6.07 Å². The van der Waals surface area contributed by atoms with Gasteiger partial charge in [-0.3, -0.25) is 4.79 Å². The van der Waals surface area contributed by atoms with Gasteiger partial charge >= 0.3 is 12.0 Å². The molecule has 0 aromatic heterocycles. The Morgan fingerprint density at radius 3 is 2.57 bits per heavy atom. The summed E-state index contributed by atoms with van der Waals surface area (Å²) in [4.78, 5) is 33.8. The van der Waals surface area contributed by atoms with Gasteiger partial charge in [0.1, 0.15) is 0 Å². The van der Waals surface area contributed by atoms with Crippen LogP contribution in [-0.2, 0) is 4.79 Å². The highest BCUT2D eigenvalue weighted by Crippen LogP contribution is 2.21. The molecule has 0 radical (unpaired) electrons. The highest BCUT2D eigenvalue weighted by molar-refractivity contribution is 9.10. The monoisotopic (exact) mass is 357 g/mol. The minimum absolute atomic E-state index is 0.0510. The summed E-state index contributed by atoms with van der Waals surface area (Å²) in [5.41, 5.74) is 0.404. The third-order valence-corrected chi connectivity index (χ3v) is 3.16. The second kappa shape index (κ2) is 8.25. The molecule has 0 spiro atoms. The summed E-state index contributed by atoms with van der Waals surface area (Å²) in [5, 5.41) is 16.6. The minimum Gasteiger partial charge on any atom is -0.478 e. The Balaban J connectivity index is 2.50. The standard InChI is InChI=1S/C13H16BrN3O4/c1-2-15-11(18)5-6-16-13(21)17-8-3-4-10(14)9(7-8)12(19)20/h3-4,7H,2,5-6H2,1H3,(H,15,18)(H,19,20)(H2,16,17,21). The molecular weight excluding hydrogens is 342 g/mol. The van der Waals surface area contributed by atoms with E-state index in [4.69, 9.17) is 5.11 Å². The van der Waals surface area contributed by atoms with Crippen LogP contribution < -0.4 is 16.0 Å². The van der Waals surface area contributed by atoms with Gasteiger partial charge in [-0.05, 0) is 41.1 Å². The fraction of sp³-hybridized carbons (Fsp3) is 0.308. The first kappa shape index (κ1) is 17.0. The summed E-state index contributed by atoms with van der Waals surface area (Å²) in [5.74, 6) is -1.24. The Morgan fingerprint density at radius 1 is 1.24 bits per heavy atom. The van der Waals surface area contributed by atoms with E-state index in [1.165, 1.54) is 12.1 Å². The number of carboxylic acid groups (broad SMARTS) is 1. The van der Waals surface area contributed by atoms with Crippen LogP contribution in [0.1, 0.15) is 23.7 Å². The molecule has 1 rings (SSSR count). The number of carbonyl (C=O) groups excluding carboxylic acids is 2. The molecule has 3 amide bonds. The minimum atomic E-state index is -1.10. The molecule has 8 heteroatoms. The van der Waals surface area contributed by atoms with E-state index in [0.717, 1.165) is 0 Å². The normalized spacial score (nSPS) is 9.81. The summed E-state index contributed by atoms with van der Waals surface area (Å²) in [6.07, 6.45) is 0.183. The van der Waals surface area contributed by atoms with Gasteiger partial charge < -0.3 is 21.1 Å². The van der Waals surface area contributed by atoms with Crippen LogP contribution in [-0.4, -0.2) is 36.1 Å². The number of carbonyl (C=O) groups is 3. The van der Waals surface area contributed by atoms with Crippen LogP contribution in [0.2, 0.25) is 0 Å². The number of halogens is 1. The summed E-state index contributed by atoms with van der Waals surface area (Å²) in [6.45, 7) is 2.55. The van der Waals surface area contributed by atoms with Crippen molar-refractivity contribution in [3.8, 4) is 0 Å². The van der Waals surface area contributed by atoms with Gasteiger partial charge in [-0.2, -0.15) is 0 Å². The Labute approximate surface area is 130 Å². The van der Waals surface area contributed by atoms with Gasteiger partial charge in [0, 0.05) is 29.7 Å². The molecule has 0 saturated heterocycles. The van der Waals surface area contributed by atoms with E-state index in [0.29, 0.717) is 16.7 Å². The van der Waals surface area contributed by atoms with Gasteiger partial charge in [-0.15, -0.1) is 0 Å². The Hall–Kier alpha value is -2.09. The van der Waals surface area contributed by atoms with Crippen LogP contribution in [0.3, 0.4) is 0 Å². The number of rotatable bonds is 6. The van der Waals surface area contributed by atoms with Crippen LogP contribution in [0.15, 0.2) is 22.7 Å². The van der Waals surface area contributed by atoms with Crippen molar-refractivity contribution < 1.29 is 19.5 Å². The van der Waals surface area contributed by atoms with Crippen molar-refractivity contribution in [3.63, 3.8) is 0 Å². The lowest BCUT2D eigenvalue weighted by atomic mass is 10.2. The number of urea groups is 1. The van der Waals surface area contributed by atoms with Crippen LogP contribution in [0.5, 0.6) is 0 Å². The molecule has 0 saturated carbocycles. The largest absolute Gasteiger partial charge is 0.478 e. The quantitative estimate of drug-likeness (QED) is 0.622. The highest BCUT2D eigenvalue weighted by Gasteiger charge is 2.10. The maximum Gasteiger partial charge on any atom is 0.336 e. The highest BCUT2D eigenvalue weighted by atomic mass is 79.9. The lowest BCUT2D eigenvalue weighted by molar-refractivity contribution is -0.120. The van der Waals surface area contributed by atoms with Crippen molar-refractivity contribution in [1.29, 1.82) is 0 Å². The fourth-order valence-electron chi connectivity index (χ4n) is 1.52. The summed E-state index contributed by atoms with van der Waals surface area (Å²) >= 11 is 3.12. The van der Waals surface area contributed by atoms with Gasteiger partial charge in [-0.25, -0.2) is 9.59 Å². The molecule has 0 aliphatic heterocycles. The van der Waals surface area contributed by atoms with E-state index in [1.807, 2.05) is 6.92 Å². The third-order valence-electron chi connectivity index (χ3n) is 2.47. The van der Waals surface area contributed by atoms with Crippen LogP contribution in [0.4, 0.5) is 10.5 Å². The smallest absolute Gasteiger partial charge is 0.336 e. The summed E-state index contributed by atoms with van der Waals surface area (Å²) < 4.78 is 0.428. The van der Waals surface area contributed by atoms with Gasteiger partial charge in [0.2, 0.25) is 5.91 Å². The molecular formula is C13H16BrN3O4. The summed E-state index contributed by atoms with van der Waals surface area (Å²) in [6, 6.07) is 3.95. The topological polar surface area (TPSA) is 108 Å². The fourth-order valence-corrected chi connectivity index (χ4v) is 1.93. The molecule has 1 aromatic rings. The number of benzene rings is 1. The molecule has 114 valence electrons. The third kappa shape index (κ3) is 5.82. The molecule has 7 nitrogen and oxygen atoms in total. The average Bonchev–Trinajstić information content (AvgIpc) is 2.41. The SMILES string of the molecule is CCNC(=O)CCNC(=O)Nc1ccc(Br)c(C(=O)O)c1. The molecule has 1 aromatic carbocycles. The Morgan fingerprint density at radius 2 is 1.95 bits per heavy atom. The molecule has 4 N–H and O–H groups in total. The van der Waals surface area contributed by atoms with Gasteiger partial charge in [0.15, 0.2) is 0 Å². The Bertz CT molecular complexity index is 548. The second-order valence-corrected chi connectivity index (χ2v) is 4.94. The Kier molecular flexibility index (Phi) is 6.67. The molecule has 0 aliphatic rings. The number of aromatic carboxylic acids is 1. The number of nitrogens with one attached hydrogen (secondary N) is 3. The lowest BCUT2D eigenvalue weighted by Gasteiger charge is -2.09. The van der Waals surface area contributed by atoms with E-state index < -0.39 is 12.0 Å². The van der Waals surface area contributed by atoms with Gasteiger partial charge in [0.25, 0.3) is 0 Å². The van der Waals surface area contributed by atoms with Gasteiger partial charge in [0.05, 0.1) is 5.56 Å². The molecule has 0 bridgehead atoms. The van der Waals surface area contributed by atoms with E-state index in [9.17, 15) is 14.4 Å². The van der Waals surface area contributed by atoms with Crippen LogP contribution in [0.25, 0.3) is 0 Å². The van der Waals surface area contributed by atoms with Crippen molar-refractivity contribution in [2.24, 2.45) is 0 Å². The zero-order valence-corrected chi connectivity index (χ0v) is 13.0. The van der Waals surface area contributed by atoms with Crippen molar-refractivity contribution in [2.45, 2.75) is 13.3 Å². The molecule has 0 atom stereocenters.